The fourth-order valence-electron chi connectivity index (χ4n) is 1.41. The van der Waals surface area contributed by atoms with Crippen molar-refractivity contribution in [2.75, 3.05) is 0 Å². The summed E-state index contributed by atoms with van der Waals surface area (Å²) in [6.45, 7) is 0.259. The second-order valence-corrected chi connectivity index (χ2v) is 5.84. The Morgan fingerprint density at radius 3 is 2.80 bits per heavy atom. The summed E-state index contributed by atoms with van der Waals surface area (Å²) in [4.78, 5) is 26.4. The summed E-state index contributed by atoms with van der Waals surface area (Å²) in [7, 11) is 0. The molecule has 20 heavy (non-hydrogen) atoms. The summed E-state index contributed by atoms with van der Waals surface area (Å²) in [5.74, 6) is -0.532. The third-order valence-electron chi connectivity index (χ3n) is 2.33. The quantitative estimate of drug-likeness (QED) is 0.529. The van der Waals surface area contributed by atoms with Gasteiger partial charge in [0.05, 0.1) is 21.4 Å². The number of hydrogen-bond donors (Lipinski definition) is 1. The highest BCUT2D eigenvalue weighted by Crippen LogP contribution is 2.22. The first-order valence-electron chi connectivity index (χ1n) is 5.29. The molecule has 2 heterocycles. The summed E-state index contributed by atoms with van der Waals surface area (Å²) in [6.07, 6.45) is 0.998. The third-order valence-corrected chi connectivity index (χ3v) is 3.86. The standard InChI is InChI=1S/C11H7Cl2N3O3S/c12-9-2-1-7(20-9)5-15-11(17)8-3-6(16(18)19)4-14-10(8)13/h1-4H,5H2,(H,15,17). The molecule has 0 fully saturated rings. The predicted octanol–water partition coefficient (Wildman–Crippen LogP) is 3.29. The van der Waals surface area contributed by atoms with Gasteiger partial charge < -0.3 is 5.32 Å². The van der Waals surface area contributed by atoms with Crippen molar-refractivity contribution in [3.8, 4) is 0 Å². The van der Waals surface area contributed by atoms with Crippen LogP contribution in [0.15, 0.2) is 24.4 Å². The van der Waals surface area contributed by atoms with Crippen molar-refractivity contribution in [2.24, 2.45) is 0 Å². The lowest BCUT2D eigenvalue weighted by molar-refractivity contribution is -0.385. The number of aromatic nitrogens is 1. The minimum Gasteiger partial charge on any atom is -0.347 e. The van der Waals surface area contributed by atoms with Gasteiger partial charge in [0.15, 0.2) is 0 Å². The molecule has 0 aromatic carbocycles. The number of nitro groups is 1. The highest BCUT2D eigenvalue weighted by Gasteiger charge is 2.17. The first-order chi connectivity index (χ1) is 9.47. The van der Waals surface area contributed by atoms with E-state index in [9.17, 15) is 14.9 Å². The van der Waals surface area contributed by atoms with Crippen molar-refractivity contribution >= 4 is 46.1 Å². The predicted molar refractivity (Wildman–Crippen MR) is 76.4 cm³/mol. The Labute approximate surface area is 127 Å². The van der Waals surface area contributed by atoms with Crippen molar-refractivity contribution in [1.29, 1.82) is 0 Å². The van der Waals surface area contributed by atoms with E-state index >= 15 is 0 Å². The lowest BCUT2D eigenvalue weighted by atomic mass is 10.2. The van der Waals surface area contributed by atoms with E-state index in [0.29, 0.717) is 4.34 Å². The maximum absolute atomic E-state index is 11.9. The molecule has 6 nitrogen and oxygen atoms in total. The topological polar surface area (TPSA) is 85.1 Å². The Morgan fingerprint density at radius 1 is 1.45 bits per heavy atom. The molecule has 0 atom stereocenters. The van der Waals surface area contributed by atoms with E-state index < -0.39 is 10.8 Å². The van der Waals surface area contributed by atoms with Gasteiger partial charge in [-0.1, -0.05) is 23.2 Å². The minimum absolute atomic E-state index is 0.0384. The molecule has 1 amide bonds. The van der Waals surface area contributed by atoms with Crippen LogP contribution < -0.4 is 5.32 Å². The smallest absolute Gasteiger partial charge is 0.288 e. The summed E-state index contributed by atoms with van der Waals surface area (Å²) >= 11 is 12.9. The molecule has 0 radical (unpaired) electrons. The number of nitrogens with one attached hydrogen (secondary N) is 1. The van der Waals surface area contributed by atoms with Crippen LogP contribution >= 0.6 is 34.5 Å². The van der Waals surface area contributed by atoms with Crippen LogP contribution in [0.25, 0.3) is 0 Å². The number of hydrogen-bond acceptors (Lipinski definition) is 5. The van der Waals surface area contributed by atoms with Gasteiger partial charge in [0.2, 0.25) is 0 Å². The van der Waals surface area contributed by atoms with Gasteiger partial charge in [-0.2, -0.15) is 0 Å². The van der Waals surface area contributed by atoms with Gasteiger partial charge in [-0.25, -0.2) is 4.98 Å². The van der Waals surface area contributed by atoms with Crippen molar-refractivity contribution in [3.05, 3.63) is 54.4 Å². The van der Waals surface area contributed by atoms with Gasteiger partial charge in [0, 0.05) is 10.9 Å². The number of pyridine rings is 1. The molecule has 0 saturated heterocycles. The Bertz CT molecular complexity index is 675. The molecule has 1 N–H and O–H groups in total. The SMILES string of the molecule is O=C(NCc1ccc(Cl)s1)c1cc([N+](=O)[O-])cnc1Cl. The van der Waals surface area contributed by atoms with E-state index in [2.05, 4.69) is 10.3 Å². The first-order valence-corrected chi connectivity index (χ1v) is 6.87. The normalized spacial score (nSPS) is 10.3. The number of rotatable bonds is 4. The van der Waals surface area contributed by atoms with E-state index in [1.54, 1.807) is 12.1 Å². The number of thiophene rings is 1. The molecular formula is C11H7Cl2N3O3S. The third kappa shape index (κ3) is 3.44. The fraction of sp³-hybridized carbons (Fsp3) is 0.0909. The monoisotopic (exact) mass is 331 g/mol. The van der Waals surface area contributed by atoms with Crippen LogP contribution in [0.3, 0.4) is 0 Å². The van der Waals surface area contributed by atoms with E-state index in [-0.39, 0.29) is 22.9 Å². The lowest BCUT2D eigenvalue weighted by Crippen LogP contribution is -2.23. The summed E-state index contributed by atoms with van der Waals surface area (Å²) in [5.41, 5.74) is -0.331. The zero-order valence-corrected chi connectivity index (χ0v) is 12.1. The molecule has 0 aliphatic rings. The van der Waals surface area contributed by atoms with Gasteiger partial charge >= 0.3 is 0 Å². The van der Waals surface area contributed by atoms with E-state index in [4.69, 9.17) is 23.2 Å². The fourth-order valence-corrected chi connectivity index (χ4v) is 2.62. The number of nitrogens with zero attached hydrogens (tertiary/aromatic N) is 2. The second kappa shape index (κ2) is 6.17. The zero-order valence-electron chi connectivity index (χ0n) is 9.80. The average molecular weight is 332 g/mol. The maximum atomic E-state index is 11.9. The van der Waals surface area contributed by atoms with Crippen molar-refractivity contribution in [3.63, 3.8) is 0 Å². The Kier molecular flexibility index (Phi) is 4.53. The van der Waals surface area contributed by atoms with Crippen LogP contribution in [0.4, 0.5) is 5.69 Å². The first kappa shape index (κ1) is 14.7. The lowest BCUT2D eigenvalue weighted by Gasteiger charge is -2.04. The van der Waals surface area contributed by atoms with E-state index in [1.807, 2.05) is 0 Å². The molecule has 9 heteroatoms. The molecule has 2 aromatic rings. The molecule has 2 aromatic heterocycles. The number of carbonyl (C=O) groups is 1. The van der Waals surface area contributed by atoms with E-state index in [1.165, 1.54) is 11.3 Å². The maximum Gasteiger partial charge on any atom is 0.288 e. The van der Waals surface area contributed by atoms with Crippen molar-refractivity contribution < 1.29 is 9.72 Å². The molecule has 0 aliphatic carbocycles. The molecule has 2 rings (SSSR count). The van der Waals surface area contributed by atoms with Gasteiger partial charge in [0.25, 0.3) is 11.6 Å². The van der Waals surface area contributed by atoms with Crippen LogP contribution in [-0.2, 0) is 6.54 Å². The summed E-state index contributed by atoms with van der Waals surface area (Å²) in [5, 5.41) is 13.2. The largest absolute Gasteiger partial charge is 0.347 e. The molecule has 0 unspecified atom stereocenters. The van der Waals surface area contributed by atoms with Crippen molar-refractivity contribution in [1.82, 2.24) is 10.3 Å². The van der Waals surface area contributed by atoms with Crippen LogP contribution in [0.1, 0.15) is 15.2 Å². The highest BCUT2D eigenvalue weighted by atomic mass is 35.5. The Balaban J connectivity index is 2.12. The zero-order chi connectivity index (χ0) is 14.7. The summed E-state index contributed by atoms with van der Waals surface area (Å²) in [6, 6.07) is 4.59. The Morgan fingerprint density at radius 2 is 2.20 bits per heavy atom. The molecular weight excluding hydrogens is 325 g/mol. The molecule has 104 valence electrons. The van der Waals surface area contributed by atoms with Crippen LogP contribution in [0, 0.1) is 10.1 Å². The minimum atomic E-state index is -0.640. The van der Waals surface area contributed by atoms with Gasteiger partial charge in [-0.15, -0.1) is 11.3 Å². The van der Waals surface area contributed by atoms with Crippen LogP contribution in [0.5, 0.6) is 0 Å². The Hall–Kier alpha value is -1.70. The van der Waals surface area contributed by atoms with Crippen LogP contribution in [0.2, 0.25) is 9.49 Å². The number of carbonyl (C=O) groups excluding carboxylic acids is 1. The van der Waals surface area contributed by atoms with Gasteiger partial charge in [-0.05, 0) is 12.1 Å². The number of amides is 1. The second-order valence-electron chi connectivity index (χ2n) is 3.68. The molecule has 0 aliphatic heterocycles. The van der Waals surface area contributed by atoms with Gasteiger partial charge in [-0.3, -0.25) is 14.9 Å². The van der Waals surface area contributed by atoms with Crippen LogP contribution in [-0.4, -0.2) is 15.8 Å². The number of halogens is 2. The summed E-state index contributed by atoms with van der Waals surface area (Å²) < 4.78 is 0.615. The van der Waals surface area contributed by atoms with Crippen molar-refractivity contribution in [2.45, 2.75) is 6.54 Å². The molecule has 0 spiro atoms. The highest BCUT2D eigenvalue weighted by molar-refractivity contribution is 7.16. The average Bonchev–Trinajstić information content (AvgIpc) is 2.82. The molecule has 0 saturated carbocycles. The van der Waals surface area contributed by atoms with E-state index in [0.717, 1.165) is 17.1 Å². The molecule has 0 bridgehead atoms. The van der Waals surface area contributed by atoms with Gasteiger partial charge in [0.1, 0.15) is 11.3 Å².